The first-order chi connectivity index (χ1) is 15.5. The number of fused-ring (bicyclic) bond motifs is 2. The van der Waals surface area contributed by atoms with Crippen molar-refractivity contribution in [2.75, 3.05) is 26.3 Å². The monoisotopic (exact) mass is 429 g/mol. The molecular weight excluding hydrogens is 402 g/mol. The van der Waals surface area contributed by atoms with Crippen LogP contribution in [0.4, 0.5) is 0 Å². The maximum Gasteiger partial charge on any atom is 0.256 e. The first-order valence-electron chi connectivity index (χ1n) is 11.2. The molecule has 1 aromatic heterocycles. The minimum absolute atomic E-state index is 0.00124. The number of carbonyl (C=O) groups excluding carboxylic acids is 1. The first-order valence-corrected chi connectivity index (χ1v) is 11.2. The van der Waals surface area contributed by atoms with E-state index in [4.69, 9.17) is 4.74 Å². The molecule has 0 aliphatic carbocycles. The molecule has 3 heterocycles. The predicted octanol–water partition coefficient (Wildman–Crippen LogP) is 3.29. The maximum absolute atomic E-state index is 13.6. The van der Waals surface area contributed by atoms with Crippen molar-refractivity contribution in [1.29, 1.82) is 0 Å². The van der Waals surface area contributed by atoms with Gasteiger partial charge < -0.3 is 9.64 Å². The fraction of sp³-hybridized carbons (Fsp3) is 0.346. The normalized spacial score (nSPS) is 16.4. The lowest BCUT2D eigenvalue weighted by molar-refractivity contribution is 0.0765. The van der Waals surface area contributed by atoms with Crippen LogP contribution in [0.3, 0.4) is 0 Å². The van der Waals surface area contributed by atoms with E-state index in [1.54, 1.807) is 11.6 Å². The molecule has 5 rings (SSSR count). The lowest BCUT2D eigenvalue weighted by Crippen LogP contribution is -2.33. The molecule has 2 aliphatic heterocycles. The molecule has 0 saturated heterocycles. The highest BCUT2D eigenvalue weighted by molar-refractivity contribution is 6.09. The minimum atomic E-state index is 0.00124. The van der Waals surface area contributed by atoms with Gasteiger partial charge in [0.25, 0.3) is 11.5 Å². The number of ether oxygens (including phenoxy) is 1. The number of aromatic nitrogens is 2. The second kappa shape index (κ2) is 8.36. The van der Waals surface area contributed by atoms with Crippen molar-refractivity contribution in [3.05, 3.63) is 81.0 Å². The van der Waals surface area contributed by atoms with E-state index in [1.807, 2.05) is 36.1 Å². The van der Waals surface area contributed by atoms with Crippen LogP contribution in [-0.2, 0) is 24.6 Å². The van der Waals surface area contributed by atoms with Gasteiger partial charge in [0.1, 0.15) is 5.82 Å². The minimum Gasteiger partial charge on any atom is -0.377 e. The van der Waals surface area contributed by atoms with Crippen molar-refractivity contribution in [3.8, 4) is 0 Å². The summed E-state index contributed by atoms with van der Waals surface area (Å²) in [5, 5.41) is 2.06. The van der Waals surface area contributed by atoms with Crippen LogP contribution in [0.1, 0.15) is 39.4 Å². The largest absolute Gasteiger partial charge is 0.377 e. The molecule has 0 bridgehead atoms. The van der Waals surface area contributed by atoms with Gasteiger partial charge in [0.05, 0.1) is 18.9 Å². The Kier molecular flexibility index (Phi) is 5.39. The number of hydrogen-bond acceptors (Lipinski definition) is 4. The van der Waals surface area contributed by atoms with Crippen LogP contribution >= 0.6 is 0 Å². The second-order valence-corrected chi connectivity index (χ2v) is 8.50. The van der Waals surface area contributed by atoms with Crippen molar-refractivity contribution in [2.24, 2.45) is 7.05 Å². The number of hydrogen-bond donors (Lipinski definition) is 0. The van der Waals surface area contributed by atoms with Crippen LogP contribution in [0.15, 0.2) is 47.3 Å². The molecule has 1 amide bonds. The summed E-state index contributed by atoms with van der Waals surface area (Å²) in [4.78, 5) is 32.8. The quantitative estimate of drug-likeness (QED) is 0.627. The molecule has 0 saturated carbocycles. The van der Waals surface area contributed by atoms with Crippen LogP contribution in [0.2, 0.25) is 0 Å². The third-order valence-corrected chi connectivity index (χ3v) is 6.69. The number of benzene rings is 2. The van der Waals surface area contributed by atoms with E-state index >= 15 is 0 Å². The summed E-state index contributed by atoms with van der Waals surface area (Å²) < 4.78 is 7.06. The Bertz CT molecular complexity index is 1310. The van der Waals surface area contributed by atoms with Crippen LogP contribution in [0, 0.1) is 6.92 Å². The highest BCUT2D eigenvalue weighted by Gasteiger charge is 2.24. The van der Waals surface area contributed by atoms with Gasteiger partial charge >= 0.3 is 0 Å². The molecule has 6 heteroatoms. The zero-order chi connectivity index (χ0) is 22.2. The molecule has 2 aliphatic rings. The maximum atomic E-state index is 13.6. The molecule has 0 fully saturated rings. The molecule has 6 nitrogen and oxygen atoms in total. The lowest BCUT2D eigenvalue weighted by Gasteiger charge is -2.22. The van der Waals surface area contributed by atoms with Gasteiger partial charge in [0, 0.05) is 37.7 Å². The van der Waals surface area contributed by atoms with Crippen LogP contribution in [0.5, 0.6) is 0 Å². The Labute approximate surface area is 187 Å². The molecule has 2 aromatic carbocycles. The topological polar surface area (TPSA) is 64.4 Å². The average molecular weight is 430 g/mol. The molecule has 0 N–H and O–H groups in total. The summed E-state index contributed by atoms with van der Waals surface area (Å²) in [5.41, 5.74) is 4.72. The number of carbonyl (C=O) groups is 1. The van der Waals surface area contributed by atoms with Gasteiger partial charge in [-0.3, -0.25) is 14.2 Å². The van der Waals surface area contributed by atoms with Crippen molar-refractivity contribution < 1.29 is 9.53 Å². The molecule has 0 unspecified atom stereocenters. The van der Waals surface area contributed by atoms with Gasteiger partial charge in [-0.25, -0.2) is 4.98 Å². The summed E-state index contributed by atoms with van der Waals surface area (Å²) >= 11 is 0. The Balaban J connectivity index is 1.49. The van der Waals surface area contributed by atoms with E-state index in [-0.39, 0.29) is 11.5 Å². The number of aryl methyl sites for hydroxylation is 1. The summed E-state index contributed by atoms with van der Waals surface area (Å²) in [6, 6.07) is 12.1. The van der Waals surface area contributed by atoms with Crippen molar-refractivity contribution in [3.63, 3.8) is 0 Å². The average Bonchev–Trinajstić information content (AvgIpc) is 3.04. The lowest BCUT2D eigenvalue weighted by atomic mass is 9.93. The molecule has 3 aromatic rings. The molecule has 0 radical (unpaired) electrons. The summed E-state index contributed by atoms with van der Waals surface area (Å²) in [6.07, 6.45) is 4.14. The van der Waals surface area contributed by atoms with Crippen molar-refractivity contribution in [1.82, 2.24) is 14.5 Å². The highest BCUT2D eigenvalue weighted by Crippen LogP contribution is 2.31. The highest BCUT2D eigenvalue weighted by atomic mass is 16.5. The summed E-state index contributed by atoms with van der Waals surface area (Å²) in [7, 11) is 1.75. The van der Waals surface area contributed by atoms with Crippen molar-refractivity contribution >= 4 is 22.3 Å². The van der Waals surface area contributed by atoms with Gasteiger partial charge in [-0.1, -0.05) is 36.4 Å². The zero-order valence-corrected chi connectivity index (χ0v) is 18.6. The first kappa shape index (κ1) is 20.6. The van der Waals surface area contributed by atoms with Gasteiger partial charge in [-0.15, -0.1) is 0 Å². The van der Waals surface area contributed by atoms with Crippen molar-refractivity contribution in [2.45, 2.75) is 26.2 Å². The Morgan fingerprint density at radius 1 is 1.03 bits per heavy atom. The predicted molar refractivity (Wildman–Crippen MR) is 125 cm³/mol. The van der Waals surface area contributed by atoms with E-state index in [9.17, 15) is 9.59 Å². The van der Waals surface area contributed by atoms with E-state index in [1.165, 1.54) is 11.1 Å². The third-order valence-electron chi connectivity index (χ3n) is 6.69. The number of amides is 1. The molecule has 32 heavy (non-hydrogen) atoms. The van der Waals surface area contributed by atoms with Gasteiger partial charge in [-0.2, -0.15) is 0 Å². The van der Waals surface area contributed by atoms with E-state index < -0.39 is 0 Å². The Morgan fingerprint density at radius 3 is 2.62 bits per heavy atom. The van der Waals surface area contributed by atoms with Crippen LogP contribution in [-0.4, -0.2) is 46.7 Å². The molecule has 0 spiro atoms. The Morgan fingerprint density at radius 2 is 1.81 bits per heavy atom. The Hall–Kier alpha value is -3.25. The summed E-state index contributed by atoms with van der Waals surface area (Å²) in [5.74, 6) is 0.715. The standard InChI is InChI=1S/C26H27N3O3/c1-17-27-24-10-14-29(13-9-23(24)25(30)28(17)2)26(31)22-8-4-6-20-19(5-3-7-21(20)22)18-11-15-32-16-12-18/h3-8,11H,9-10,12-16H2,1-2H3. The fourth-order valence-electron chi connectivity index (χ4n) is 4.79. The molecule has 164 valence electrons. The molecule has 0 atom stereocenters. The van der Waals surface area contributed by atoms with Crippen LogP contribution in [0.25, 0.3) is 16.3 Å². The zero-order valence-electron chi connectivity index (χ0n) is 18.6. The summed E-state index contributed by atoms with van der Waals surface area (Å²) in [6.45, 7) is 4.28. The second-order valence-electron chi connectivity index (χ2n) is 8.50. The SMILES string of the molecule is Cc1nc2c(c(=O)n1C)CCN(C(=O)c1cccc3c(C4=CCOCC4)cccc13)CC2. The molecular formula is C26H27N3O3. The van der Waals surface area contributed by atoms with E-state index in [0.717, 1.165) is 35.1 Å². The third kappa shape index (κ3) is 3.54. The van der Waals surface area contributed by atoms with Crippen LogP contribution < -0.4 is 5.56 Å². The fourth-order valence-corrected chi connectivity index (χ4v) is 4.79. The van der Waals surface area contributed by atoms with Gasteiger partial charge in [-0.05, 0) is 47.7 Å². The van der Waals surface area contributed by atoms with Gasteiger partial charge in [0.2, 0.25) is 0 Å². The van der Waals surface area contributed by atoms with E-state index in [2.05, 4.69) is 23.2 Å². The van der Waals surface area contributed by atoms with Gasteiger partial charge in [0.15, 0.2) is 0 Å². The number of nitrogens with zero attached hydrogens (tertiary/aromatic N) is 3. The number of rotatable bonds is 2. The van der Waals surface area contributed by atoms with E-state index in [0.29, 0.717) is 43.9 Å². The smallest absolute Gasteiger partial charge is 0.256 e.